The first-order chi connectivity index (χ1) is 10.9. The summed E-state index contributed by atoms with van der Waals surface area (Å²) in [6.07, 6.45) is -0.199. The second-order valence-electron chi connectivity index (χ2n) is 6.80. The molecule has 0 aliphatic rings. The second-order valence-corrected chi connectivity index (χ2v) is 6.80. The molecule has 2 amide bonds. The van der Waals surface area contributed by atoms with Crippen molar-refractivity contribution in [2.45, 2.75) is 59.0 Å². The van der Waals surface area contributed by atoms with Crippen LogP contribution in [0.15, 0.2) is 0 Å². The van der Waals surface area contributed by atoms with Gasteiger partial charge in [0, 0.05) is 6.42 Å². The van der Waals surface area contributed by atoms with Crippen LogP contribution in [0.25, 0.3) is 0 Å². The van der Waals surface area contributed by atoms with Gasteiger partial charge in [0.15, 0.2) is 0 Å². The van der Waals surface area contributed by atoms with Crippen molar-refractivity contribution in [2.75, 3.05) is 0 Å². The molecule has 9 heteroatoms. The number of carboxylic acid groups (broad SMARTS) is 3. The third kappa shape index (κ3) is 7.80. The maximum atomic E-state index is 12.0. The minimum Gasteiger partial charge on any atom is -0.481 e. The standard InChI is InChI=1S/C15H26N2O7/c1-8(2)7-15(3,4)11(13(22)23)17-14(24)16-9(12(20)21)5-6-10(18)19/h8-9,11H,5-7H2,1-4H3,(H,18,19)(H,20,21)(H,22,23)(H2,16,17,24). The molecule has 0 aromatic rings. The van der Waals surface area contributed by atoms with Gasteiger partial charge in [-0.25, -0.2) is 14.4 Å². The minimum atomic E-state index is -1.41. The molecule has 2 atom stereocenters. The monoisotopic (exact) mass is 346 g/mol. The normalized spacial score (nSPS) is 13.9. The van der Waals surface area contributed by atoms with E-state index < -0.39 is 47.9 Å². The Kier molecular flexibility index (Phi) is 8.21. The number of carboxylic acids is 3. The summed E-state index contributed by atoms with van der Waals surface area (Å²) in [5, 5.41) is 31.3. The summed E-state index contributed by atoms with van der Waals surface area (Å²) in [6, 6.07) is -3.59. The van der Waals surface area contributed by atoms with Crippen LogP contribution in [0.3, 0.4) is 0 Å². The van der Waals surface area contributed by atoms with Crippen LogP contribution in [0.1, 0.15) is 47.0 Å². The van der Waals surface area contributed by atoms with Crippen molar-refractivity contribution < 1.29 is 34.5 Å². The smallest absolute Gasteiger partial charge is 0.326 e. The molecule has 0 aromatic carbocycles. The molecule has 0 aliphatic heterocycles. The Labute approximate surface area is 140 Å². The first-order valence-corrected chi connectivity index (χ1v) is 7.61. The Morgan fingerprint density at radius 3 is 1.88 bits per heavy atom. The highest BCUT2D eigenvalue weighted by Gasteiger charge is 2.37. The van der Waals surface area contributed by atoms with Gasteiger partial charge in [-0.15, -0.1) is 0 Å². The Morgan fingerprint density at radius 2 is 1.50 bits per heavy atom. The molecule has 9 nitrogen and oxygen atoms in total. The van der Waals surface area contributed by atoms with E-state index in [1.165, 1.54) is 0 Å². The number of hydrogen-bond donors (Lipinski definition) is 5. The van der Waals surface area contributed by atoms with Gasteiger partial charge in [-0.05, 0) is 24.2 Å². The Morgan fingerprint density at radius 1 is 0.958 bits per heavy atom. The van der Waals surface area contributed by atoms with E-state index in [4.69, 9.17) is 10.2 Å². The zero-order valence-electron chi connectivity index (χ0n) is 14.3. The molecule has 2 unspecified atom stereocenters. The van der Waals surface area contributed by atoms with Crippen molar-refractivity contribution in [1.82, 2.24) is 10.6 Å². The summed E-state index contributed by atoms with van der Waals surface area (Å²) in [7, 11) is 0. The van der Waals surface area contributed by atoms with Gasteiger partial charge in [0.2, 0.25) is 0 Å². The number of rotatable bonds is 10. The van der Waals surface area contributed by atoms with E-state index in [0.717, 1.165) is 0 Å². The SMILES string of the molecule is CC(C)CC(C)(C)C(NC(=O)NC(CCC(=O)O)C(=O)O)C(=O)O. The maximum absolute atomic E-state index is 12.0. The molecule has 0 heterocycles. The number of amides is 2. The topological polar surface area (TPSA) is 153 Å². The van der Waals surface area contributed by atoms with Gasteiger partial charge in [-0.2, -0.15) is 0 Å². The van der Waals surface area contributed by atoms with Crippen LogP contribution in [0.4, 0.5) is 4.79 Å². The summed E-state index contributed by atoms with van der Waals surface area (Å²) in [5.74, 6) is -3.60. The maximum Gasteiger partial charge on any atom is 0.326 e. The molecule has 5 N–H and O–H groups in total. The fourth-order valence-corrected chi connectivity index (χ4v) is 2.62. The van der Waals surface area contributed by atoms with Crippen LogP contribution in [0, 0.1) is 11.3 Å². The molecule has 0 rings (SSSR count). The Bertz CT molecular complexity index is 488. The highest BCUT2D eigenvalue weighted by atomic mass is 16.4. The van der Waals surface area contributed by atoms with Crippen LogP contribution < -0.4 is 10.6 Å². The molecular weight excluding hydrogens is 320 g/mol. The van der Waals surface area contributed by atoms with E-state index in [-0.39, 0.29) is 12.3 Å². The lowest BCUT2D eigenvalue weighted by Crippen LogP contribution is -2.56. The van der Waals surface area contributed by atoms with E-state index >= 15 is 0 Å². The van der Waals surface area contributed by atoms with Gasteiger partial charge in [-0.1, -0.05) is 27.7 Å². The first-order valence-electron chi connectivity index (χ1n) is 7.61. The predicted molar refractivity (Wildman–Crippen MR) is 84.6 cm³/mol. The Hall–Kier alpha value is -2.32. The summed E-state index contributed by atoms with van der Waals surface area (Å²) >= 11 is 0. The van der Waals surface area contributed by atoms with E-state index in [1.54, 1.807) is 13.8 Å². The molecular formula is C15H26N2O7. The number of hydrogen-bond acceptors (Lipinski definition) is 4. The largest absolute Gasteiger partial charge is 0.481 e. The van der Waals surface area contributed by atoms with Crippen LogP contribution in [0.2, 0.25) is 0 Å². The van der Waals surface area contributed by atoms with E-state index in [2.05, 4.69) is 10.6 Å². The average molecular weight is 346 g/mol. The number of nitrogens with one attached hydrogen (secondary N) is 2. The van der Waals surface area contributed by atoms with Crippen molar-refractivity contribution in [3.05, 3.63) is 0 Å². The van der Waals surface area contributed by atoms with Crippen molar-refractivity contribution >= 4 is 23.9 Å². The highest BCUT2D eigenvalue weighted by Crippen LogP contribution is 2.29. The van der Waals surface area contributed by atoms with Crippen molar-refractivity contribution in [3.8, 4) is 0 Å². The van der Waals surface area contributed by atoms with Crippen molar-refractivity contribution in [2.24, 2.45) is 11.3 Å². The third-order valence-corrected chi connectivity index (χ3v) is 3.49. The van der Waals surface area contributed by atoms with E-state index in [1.807, 2.05) is 13.8 Å². The third-order valence-electron chi connectivity index (χ3n) is 3.49. The first kappa shape index (κ1) is 21.7. The number of carbonyl (C=O) groups is 4. The molecule has 0 aromatic heterocycles. The van der Waals surface area contributed by atoms with Gasteiger partial charge in [-0.3, -0.25) is 4.79 Å². The molecule has 0 saturated carbocycles. The van der Waals surface area contributed by atoms with Crippen molar-refractivity contribution in [1.29, 1.82) is 0 Å². The lowest BCUT2D eigenvalue weighted by molar-refractivity contribution is -0.142. The number of aliphatic carboxylic acids is 3. The van der Waals surface area contributed by atoms with Crippen LogP contribution in [-0.2, 0) is 14.4 Å². The van der Waals surface area contributed by atoms with Crippen LogP contribution >= 0.6 is 0 Å². The molecule has 0 radical (unpaired) electrons. The fourth-order valence-electron chi connectivity index (χ4n) is 2.62. The van der Waals surface area contributed by atoms with E-state index in [0.29, 0.717) is 6.42 Å². The molecule has 0 saturated heterocycles. The molecule has 0 spiro atoms. The molecule has 0 fully saturated rings. The lowest BCUT2D eigenvalue weighted by Gasteiger charge is -2.33. The second kappa shape index (κ2) is 9.09. The van der Waals surface area contributed by atoms with Gasteiger partial charge >= 0.3 is 23.9 Å². The highest BCUT2D eigenvalue weighted by molar-refractivity contribution is 5.86. The quantitative estimate of drug-likeness (QED) is 0.397. The number of carbonyl (C=O) groups excluding carboxylic acids is 1. The van der Waals surface area contributed by atoms with Gasteiger partial charge in [0.25, 0.3) is 0 Å². The molecule has 138 valence electrons. The minimum absolute atomic E-state index is 0.203. The zero-order valence-corrected chi connectivity index (χ0v) is 14.3. The van der Waals surface area contributed by atoms with E-state index in [9.17, 15) is 24.3 Å². The Balaban J connectivity index is 4.96. The molecule has 24 heavy (non-hydrogen) atoms. The van der Waals surface area contributed by atoms with Crippen molar-refractivity contribution in [3.63, 3.8) is 0 Å². The average Bonchev–Trinajstić information content (AvgIpc) is 2.38. The summed E-state index contributed by atoms with van der Waals surface area (Å²) < 4.78 is 0. The lowest BCUT2D eigenvalue weighted by atomic mass is 9.77. The summed E-state index contributed by atoms with van der Waals surface area (Å²) in [5.41, 5.74) is -0.753. The summed E-state index contributed by atoms with van der Waals surface area (Å²) in [6.45, 7) is 7.25. The molecule has 0 bridgehead atoms. The van der Waals surface area contributed by atoms with Crippen LogP contribution in [0.5, 0.6) is 0 Å². The molecule has 0 aliphatic carbocycles. The van der Waals surface area contributed by atoms with Crippen LogP contribution in [-0.4, -0.2) is 51.3 Å². The van der Waals surface area contributed by atoms with Gasteiger partial charge in [0.1, 0.15) is 12.1 Å². The van der Waals surface area contributed by atoms with Gasteiger partial charge < -0.3 is 26.0 Å². The number of urea groups is 1. The van der Waals surface area contributed by atoms with Gasteiger partial charge in [0.05, 0.1) is 0 Å². The summed E-state index contributed by atoms with van der Waals surface area (Å²) in [4.78, 5) is 45.0. The fraction of sp³-hybridized carbons (Fsp3) is 0.733. The zero-order chi connectivity index (χ0) is 19.1. The predicted octanol–water partition coefficient (Wildman–Crippen LogP) is 1.13.